The summed E-state index contributed by atoms with van der Waals surface area (Å²) in [5.41, 5.74) is 2.74. The zero-order valence-corrected chi connectivity index (χ0v) is 15.3. The number of anilines is 2. The Labute approximate surface area is 154 Å². The van der Waals surface area contributed by atoms with Gasteiger partial charge in [0.25, 0.3) is 5.91 Å². The van der Waals surface area contributed by atoms with Crippen LogP contribution in [0.3, 0.4) is 0 Å². The van der Waals surface area contributed by atoms with E-state index < -0.39 is 0 Å². The number of ether oxygens (including phenoxy) is 1. The summed E-state index contributed by atoms with van der Waals surface area (Å²) in [4.78, 5) is 28.6. The van der Waals surface area contributed by atoms with Gasteiger partial charge in [0.1, 0.15) is 12.3 Å². The maximum atomic E-state index is 13.0. The van der Waals surface area contributed by atoms with E-state index in [-0.39, 0.29) is 31.0 Å². The smallest absolute Gasteiger partial charge is 0.265 e. The molecule has 0 aliphatic carbocycles. The quantitative estimate of drug-likeness (QED) is 0.777. The number of amides is 2. The maximum Gasteiger partial charge on any atom is 0.265 e. The van der Waals surface area contributed by atoms with Gasteiger partial charge in [0.2, 0.25) is 5.91 Å². The molecule has 0 radical (unpaired) electrons. The number of benzene rings is 2. The normalized spacial score (nSPS) is 18.6. The standard InChI is InChI=1S/C19H17BrN2O3/c1-12-8-13-4-2-3-5-15(13)22(12)18(23)10-21-16-7-6-14(20)9-17(16)25-11-19(21)24/h2-7,9,12H,8,10-11H2,1H3. The molecule has 2 aromatic rings. The van der Waals surface area contributed by atoms with Gasteiger partial charge in [0, 0.05) is 16.2 Å². The molecule has 1 atom stereocenters. The third kappa shape index (κ3) is 2.80. The first kappa shape index (κ1) is 16.1. The number of carbonyl (C=O) groups excluding carboxylic acids is 2. The van der Waals surface area contributed by atoms with Gasteiger partial charge >= 0.3 is 0 Å². The lowest BCUT2D eigenvalue weighted by atomic mass is 10.1. The van der Waals surface area contributed by atoms with Crippen LogP contribution in [0.2, 0.25) is 0 Å². The molecule has 1 unspecified atom stereocenters. The monoisotopic (exact) mass is 400 g/mol. The van der Waals surface area contributed by atoms with Crippen molar-refractivity contribution in [2.24, 2.45) is 0 Å². The van der Waals surface area contributed by atoms with Gasteiger partial charge in [-0.05, 0) is 43.2 Å². The summed E-state index contributed by atoms with van der Waals surface area (Å²) in [6.45, 7) is 1.99. The highest BCUT2D eigenvalue weighted by atomic mass is 79.9. The third-order valence-electron chi connectivity index (χ3n) is 4.63. The summed E-state index contributed by atoms with van der Waals surface area (Å²) in [5.74, 6) is 0.321. The van der Waals surface area contributed by atoms with Crippen LogP contribution in [0.25, 0.3) is 0 Å². The highest BCUT2D eigenvalue weighted by Crippen LogP contribution is 2.36. The average molecular weight is 401 g/mol. The first-order valence-electron chi connectivity index (χ1n) is 8.17. The summed E-state index contributed by atoms with van der Waals surface area (Å²) >= 11 is 3.40. The highest BCUT2D eigenvalue weighted by Gasteiger charge is 2.34. The molecule has 4 rings (SSSR count). The topological polar surface area (TPSA) is 49.9 Å². The first-order chi connectivity index (χ1) is 12.0. The van der Waals surface area contributed by atoms with Gasteiger partial charge in [-0.15, -0.1) is 0 Å². The molecule has 0 bridgehead atoms. The van der Waals surface area contributed by atoms with E-state index in [0.717, 1.165) is 16.6 Å². The van der Waals surface area contributed by atoms with Crippen LogP contribution in [0.4, 0.5) is 11.4 Å². The lowest BCUT2D eigenvalue weighted by Crippen LogP contribution is -2.48. The Hall–Kier alpha value is -2.34. The fraction of sp³-hybridized carbons (Fsp3) is 0.263. The molecule has 2 aromatic carbocycles. The van der Waals surface area contributed by atoms with Crippen molar-refractivity contribution in [3.05, 3.63) is 52.5 Å². The molecular weight excluding hydrogens is 384 g/mol. The Morgan fingerprint density at radius 3 is 2.88 bits per heavy atom. The zero-order valence-electron chi connectivity index (χ0n) is 13.7. The number of fused-ring (bicyclic) bond motifs is 2. The molecule has 0 fully saturated rings. The summed E-state index contributed by atoms with van der Waals surface area (Å²) < 4.78 is 6.35. The van der Waals surface area contributed by atoms with E-state index in [0.29, 0.717) is 11.4 Å². The molecule has 6 heteroatoms. The van der Waals surface area contributed by atoms with Gasteiger partial charge in [-0.2, -0.15) is 0 Å². The molecule has 2 aliphatic heterocycles. The minimum Gasteiger partial charge on any atom is -0.482 e. The number of hydrogen-bond acceptors (Lipinski definition) is 3. The van der Waals surface area contributed by atoms with Crippen LogP contribution < -0.4 is 14.5 Å². The number of hydrogen-bond donors (Lipinski definition) is 0. The molecule has 2 amide bonds. The van der Waals surface area contributed by atoms with Crippen molar-refractivity contribution < 1.29 is 14.3 Å². The van der Waals surface area contributed by atoms with Crippen molar-refractivity contribution in [2.75, 3.05) is 23.0 Å². The van der Waals surface area contributed by atoms with Crippen molar-refractivity contribution in [1.82, 2.24) is 0 Å². The third-order valence-corrected chi connectivity index (χ3v) is 5.13. The molecule has 2 aliphatic rings. The molecular formula is C19H17BrN2O3. The van der Waals surface area contributed by atoms with Gasteiger partial charge in [-0.1, -0.05) is 34.1 Å². The summed E-state index contributed by atoms with van der Waals surface area (Å²) in [6.07, 6.45) is 0.836. The largest absolute Gasteiger partial charge is 0.482 e. The Kier molecular flexibility index (Phi) is 4.00. The minimum atomic E-state index is -0.205. The average Bonchev–Trinajstić information content (AvgIpc) is 2.93. The van der Waals surface area contributed by atoms with Crippen molar-refractivity contribution >= 4 is 39.1 Å². The number of halogens is 1. The minimum absolute atomic E-state index is 0.00942. The van der Waals surface area contributed by atoms with Crippen molar-refractivity contribution in [1.29, 1.82) is 0 Å². The second-order valence-electron chi connectivity index (χ2n) is 6.33. The lowest BCUT2D eigenvalue weighted by Gasteiger charge is -2.31. The molecule has 128 valence electrons. The maximum absolute atomic E-state index is 13.0. The van der Waals surface area contributed by atoms with Crippen LogP contribution in [0.5, 0.6) is 5.75 Å². The summed E-state index contributed by atoms with van der Waals surface area (Å²) in [6, 6.07) is 13.5. The van der Waals surface area contributed by atoms with E-state index >= 15 is 0 Å². The molecule has 0 saturated carbocycles. The fourth-order valence-electron chi connectivity index (χ4n) is 3.51. The van der Waals surface area contributed by atoms with Crippen LogP contribution in [-0.4, -0.2) is 31.0 Å². The molecule has 0 aromatic heterocycles. The zero-order chi connectivity index (χ0) is 17.6. The predicted octanol–water partition coefficient (Wildman–Crippen LogP) is 3.15. The molecule has 0 N–H and O–H groups in total. The fourth-order valence-corrected chi connectivity index (χ4v) is 3.85. The summed E-state index contributed by atoms with van der Waals surface area (Å²) in [7, 11) is 0. The lowest BCUT2D eigenvalue weighted by molar-refractivity contribution is -0.124. The number of carbonyl (C=O) groups is 2. The number of rotatable bonds is 2. The van der Waals surface area contributed by atoms with E-state index in [1.807, 2.05) is 43.3 Å². The second-order valence-corrected chi connectivity index (χ2v) is 7.24. The Bertz CT molecular complexity index is 867. The van der Waals surface area contributed by atoms with E-state index in [1.165, 1.54) is 10.5 Å². The molecule has 0 saturated heterocycles. The SMILES string of the molecule is CC1Cc2ccccc2N1C(=O)CN1C(=O)COc2cc(Br)ccc21. The molecule has 0 spiro atoms. The molecule has 2 heterocycles. The molecule has 25 heavy (non-hydrogen) atoms. The summed E-state index contributed by atoms with van der Waals surface area (Å²) in [5, 5.41) is 0. The van der Waals surface area contributed by atoms with Gasteiger partial charge in [-0.3, -0.25) is 14.5 Å². The van der Waals surface area contributed by atoms with Crippen molar-refractivity contribution in [3.63, 3.8) is 0 Å². The van der Waals surface area contributed by atoms with Crippen LogP contribution >= 0.6 is 15.9 Å². The van der Waals surface area contributed by atoms with Crippen LogP contribution in [0.15, 0.2) is 46.9 Å². The first-order valence-corrected chi connectivity index (χ1v) is 8.96. The van der Waals surface area contributed by atoms with Crippen molar-refractivity contribution in [3.8, 4) is 5.75 Å². The highest BCUT2D eigenvalue weighted by molar-refractivity contribution is 9.10. The number of para-hydroxylation sites is 1. The van der Waals surface area contributed by atoms with E-state index in [9.17, 15) is 9.59 Å². The second kappa shape index (κ2) is 6.19. The van der Waals surface area contributed by atoms with Gasteiger partial charge in [0.15, 0.2) is 6.61 Å². The Morgan fingerprint density at radius 1 is 1.24 bits per heavy atom. The number of nitrogens with zero attached hydrogens (tertiary/aromatic N) is 2. The van der Waals surface area contributed by atoms with E-state index in [1.54, 1.807) is 11.0 Å². The Balaban J connectivity index is 1.62. The van der Waals surface area contributed by atoms with Gasteiger partial charge in [-0.25, -0.2) is 0 Å². The van der Waals surface area contributed by atoms with E-state index in [2.05, 4.69) is 15.9 Å². The van der Waals surface area contributed by atoms with Gasteiger partial charge < -0.3 is 9.64 Å². The Morgan fingerprint density at radius 2 is 2.04 bits per heavy atom. The van der Waals surface area contributed by atoms with Crippen molar-refractivity contribution in [2.45, 2.75) is 19.4 Å². The predicted molar refractivity (Wildman–Crippen MR) is 99.1 cm³/mol. The van der Waals surface area contributed by atoms with Crippen LogP contribution in [-0.2, 0) is 16.0 Å². The van der Waals surface area contributed by atoms with Crippen LogP contribution in [0.1, 0.15) is 12.5 Å². The van der Waals surface area contributed by atoms with Crippen LogP contribution in [0, 0.1) is 0 Å². The van der Waals surface area contributed by atoms with E-state index in [4.69, 9.17) is 4.74 Å². The van der Waals surface area contributed by atoms with Gasteiger partial charge in [0.05, 0.1) is 5.69 Å². The molecule has 5 nitrogen and oxygen atoms in total.